The van der Waals surface area contributed by atoms with Gasteiger partial charge in [0.2, 0.25) is 5.82 Å². The first-order valence-corrected chi connectivity index (χ1v) is 3.32. The van der Waals surface area contributed by atoms with Crippen LogP contribution >= 0.6 is 0 Å². The van der Waals surface area contributed by atoms with Crippen LogP contribution in [0.25, 0.3) is 0 Å². The van der Waals surface area contributed by atoms with Crippen molar-refractivity contribution in [2.75, 3.05) is 18.1 Å². The van der Waals surface area contributed by atoms with Crippen molar-refractivity contribution in [2.24, 2.45) is 0 Å². The van der Waals surface area contributed by atoms with Crippen LogP contribution in [0, 0.1) is 0 Å². The molecule has 72 valence electrons. The minimum absolute atomic E-state index is 0.0256. The van der Waals surface area contributed by atoms with E-state index in [0.717, 1.165) is 6.20 Å². The van der Waals surface area contributed by atoms with E-state index in [4.69, 9.17) is 5.73 Å². The molecule has 0 aliphatic rings. The molecule has 0 spiro atoms. The van der Waals surface area contributed by atoms with Crippen molar-refractivity contribution in [3.8, 4) is 0 Å². The van der Waals surface area contributed by atoms with Gasteiger partial charge >= 0.3 is 6.18 Å². The first-order chi connectivity index (χ1) is 5.95. The summed E-state index contributed by atoms with van der Waals surface area (Å²) in [5, 5.41) is 2.43. The van der Waals surface area contributed by atoms with Crippen LogP contribution in [0.4, 0.5) is 24.7 Å². The zero-order valence-corrected chi connectivity index (χ0v) is 6.68. The van der Waals surface area contributed by atoms with Crippen molar-refractivity contribution >= 4 is 11.5 Å². The van der Waals surface area contributed by atoms with E-state index < -0.39 is 12.0 Å². The lowest BCUT2D eigenvalue weighted by Crippen LogP contribution is -2.13. The van der Waals surface area contributed by atoms with Crippen molar-refractivity contribution in [1.29, 1.82) is 0 Å². The van der Waals surface area contributed by atoms with E-state index in [1.54, 1.807) is 0 Å². The Bertz CT molecular complexity index is 309. The summed E-state index contributed by atoms with van der Waals surface area (Å²) in [5.74, 6) is -1.23. The summed E-state index contributed by atoms with van der Waals surface area (Å²) in [6, 6.07) is 0. The first kappa shape index (κ1) is 9.56. The van der Waals surface area contributed by atoms with E-state index >= 15 is 0 Å². The van der Waals surface area contributed by atoms with Gasteiger partial charge in [-0.1, -0.05) is 0 Å². The van der Waals surface area contributed by atoms with Crippen molar-refractivity contribution in [2.45, 2.75) is 6.18 Å². The summed E-state index contributed by atoms with van der Waals surface area (Å²) in [4.78, 5) is 6.25. The minimum Gasteiger partial charge on any atom is -0.394 e. The topological polar surface area (TPSA) is 63.8 Å². The van der Waals surface area contributed by atoms with Gasteiger partial charge in [-0.3, -0.25) is 0 Å². The third-order valence-electron chi connectivity index (χ3n) is 1.31. The Balaban J connectivity index is 3.14. The fraction of sp³-hybridized carbons (Fsp3) is 0.333. The van der Waals surface area contributed by atoms with Gasteiger partial charge in [-0.2, -0.15) is 13.2 Å². The number of halogens is 3. The van der Waals surface area contributed by atoms with Gasteiger partial charge in [-0.25, -0.2) is 9.97 Å². The second-order valence-electron chi connectivity index (χ2n) is 2.25. The van der Waals surface area contributed by atoms with Crippen molar-refractivity contribution in [3.63, 3.8) is 0 Å². The predicted molar refractivity (Wildman–Crippen MR) is 41.0 cm³/mol. The molecule has 0 bridgehead atoms. The number of nitrogen functional groups attached to an aromatic ring is 1. The molecule has 0 unspecified atom stereocenters. The Hall–Kier alpha value is -1.53. The molecule has 3 N–H and O–H groups in total. The first-order valence-electron chi connectivity index (χ1n) is 3.32. The number of nitrogens with one attached hydrogen (secondary N) is 1. The molecule has 0 radical (unpaired) electrons. The molecular weight excluding hydrogens is 185 g/mol. The van der Waals surface area contributed by atoms with Crippen LogP contribution in [-0.2, 0) is 6.18 Å². The van der Waals surface area contributed by atoms with Gasteiger partial charge in [-0.15, -0.1) is 0 Å². The Kier molecular flexibility index (Phi) is 2.26. The van der Waals surface area contributed by atoms with Gasteiger partial charge in [0, 0.05) is 7.05 Å². The lowest BCUT2D eigenvalue weighted by Gasteiger charge is -2.07. The summed E-state index contributed by atoms with van der Waals surface area (Å²) >= 11 is 0. The van der Waals surface area contributed by atoms with Crippen LogP contribution in [-0.4, -0.2) is 17.0 Å². The highest BCUT2D eigenvalue weighted by molar-refractivity contribution is 5.59. The summed E-state index contributed by atoms with van der Waals surface area (Å²) in [6.07, 6.45) is -3.62. The van der Waals surface area contributed by atoms with Crippen LogP contribution in [0.3, 0.4) is 0 Å². The third-order valence-corrected chi connectivity index (χ3v) is 1.31. The van der Waals surface area contributed by atoms with Crippen LogP contribution < -0.4 is 11.1 Å². The number of anilines is 2. The van der Waals surface area contributed by atoms with Gasteiger partial charge in [-0.05, 0) is 0 Å². The van der Waals surface area contributed by atoms with E-state index in [9.17, 15) is 13.2 Å². The van der Waals surface area contributed by atoms with Gasteiger partial charge in [0.05, 0.1) is 11.9 Å². The summed E-state index contributed by atoms with van der Waals surface area (Å²) in [7, 11) is 1.43. The molecule has 7 heteroatoms. The molecule has 0 saturated carbocycles. The highest BCUT2D eigenvalue weighted by Crippen LogP contribution is 2.27. The number of nitrogens with two attached hydrogens (primary N) is 1. The zero-order valence-electron chi connectivity index (χ0n) is 6.68. The van der Waals surface area contributed by atoms with E-state index in [2.05, 4.69) is 15.3 Å². The lowest BCUT2D eigenvalue weighted by molar-refractivity contribution is -0.144. The predicted octanol–water partition coefficient (Wildman–Crippen LogP) is 1.12. The molecule has 0 saturated heterocycles. The van der Waals surface area contributed by atoms with Crippen LogP contribution in [0.2, 0.25) is 0 Å². The van der Waals surface area contributed by atoms with Crippen molar-refractivity contribution in [1.82, 2.24) is 9.97 Å². The summed E-state index contributed by atoms with van der Waals surface area (Å²) in [6.45, 7) is 0. The second kappa shape index (κ2) is 3.08. The smallest absolute Gasteiger partial charge is 0.394 e. The maximum Gasteiger partial charge on any atom is 0.451 e. The average Bonchev–Trinajstić information content (AvgIpc) is 2.03. The number of hydrogen-bond acceptors (Lipinski definition) is 4. The maximum absolute atomic E-state index is 12.0. The van der Waals surface area contributed by atoms with Gasteiger partial charge in [0.25, 0.3) is 0 Å². The number of aromatic nitrogens is 2. The minimum atomic E-state index is -4.54. The fourth-order valence-corrected chi connectivity index (χ4v) is 0.728. The number of nitrogens with zero attached hydrogens (tertiary/aromatic N) is 2. The average molecular weight is 192 g/mol. The molecule has 1 aromatic rings. The molecule has 0 aromatic carbocycles. The van der Waals surface area contributed by atoms with Crippen LogP contribution in [0.5, 0.6) is 0 Å². The molecule has 4 nitrogen and oxygen atoms in total. The van der Waals surface area contributed by atoms with Crippen LogP contribution in [0.15, 0.2) is 6.20 Å². The zero-order chi connectivity index (χ0) is 10.1. The molecule has 1 heterocycles. The van der Waals surface area contributed by atoms with E-state index in [0.29, 0.717) is 0 Å². The van der Waals surface area contributed by atoms with Gasteiger partial charge < -0.3 is 11.1 Å². The molecular formula is C6H7F3N4. The molecule has 0 fully saturated rings. The molecule has 0 aliphatic carbocycles. The Morgan fingerprint density at radius 3 is 2.54 bits per heavy atom. The van der Waals surface area contributed by atoms with E-state index in [1.807, 2.05) is 0 Å². The number of alkyl halides is 3. The standard InChI is InChI=1S/C6H7F3N4/c1-11-4-3(10)2-12-5(13-4)6(7,8)9/h2H,10H2,1H3,(H,11,12,13). The molecule has 1 rings (SSSR count). The Morgan fingerprint density at radius 2 is 2.08 bits per heavy atom. The van der Waals surface area contributed by atoms with E-state index in [-0.39, 0.29) is 11.5 Å². The molecule has 13 heavy (non-hydrogen) atoms. The highest BCUT2D eigenvalue weighted by Gasteiger charge is 2.34. The largest absolute Gasteiger partial charge is 0.451 e. The van der Waals surface area contributed by atoms with Gasteiger partial charge in [0.15, 0.2) is 5.82 Å². The van der Waals surface area contributed by atoms with E-state index in [1.165, 1.54) is 7.05 Å². The van der Waals surface area contributed by atoms with Crippen LogP contribution in [0.1, 0.15) is 5.82 Å². The number of hydrogen-bond donors (Lipinski definition) is 2. The fourth-order valence-electron chi connectivity index (χ4n) is 0.728. The van der Waals surface area contributed by atoms with Crippen molar-refractivity contribution in [3.05, 3.63) is 12.0 Å². The lowest BCUT2D eigenvalue weighted by atomic mass is 10.4. The molecule has 1 aromatic heterocycles. The Morgan fingerprint density at radius 1 is 1.46 bits per heavy atom. The monoisotopic (exact) mass is 192 g/mol. The second-order valence-corrected chi connectivity index (χ2v) is 2.25. The highest BCUT2D eigenvalue weighted by atomic mass is 19.4. The SMILES string of the molecule is CNc1nc(C(F)(F)F)ncc1N. The quantitative estimate of drug-likeness (QED) is 0.699. The summed E-state index contributed by atoms with van der Waals surface area (Å²) in [5.41, 5.74) is 5.37. The normalized spacial score (nSPS) is 11.4. The third kappa shape index (κ3) is 1.98. The van der Waals surface area contributed by atoms with Gasteiger partial charge in [0.1, 0.15) is 0 Å². The Labute approximate surface area is 72.0 Å². The maximum atomic E-state index is 12.0. The number of rotatable bonds is 1. The summed E-state index contributed by atoms with van der Waals surface area (Å²) < 4.78 is 36.1. The molecule has 0 amide bonds. The van der Waals surface area contributed by atoms with Crippen molar-refractivity contribution < 1.29 is 13.2 Å². The molecule has 0 aliphatic heterocycles. The molecule has 0 atom stereocenters.